The quantitative estimate of drug-likeness (QED) is 0.329. The summed E-state index contributed by atoms with van der Waals surface area (Å²) in [6, 6.07) is 8.11. The van der Waals surface area contributed by atoms with Crippen molar-refractivity contribution in [2.45, 2.75) is 13.0 Å². The van der Waals surface area contributed by atoms with Crippen LogP contribution in [0.2, 0.25) is 0 Å². The smallest absolute Gasteiger partial charge is 0.328 e. The van der Waals surface area contributed by atoms with Gasteiger partial charge in [0.2, 0.25) is 0 Å². The monoisotopic (exact) mass is 251 g/mol. The molecule has 0 aliphatic heterocycles. The number of hydrogen-bond acceptors (Lipinski definition) is 6. The van der Waals surface area contributed by atoms with Crippen molar-refractivity contribution in [2.75, 3.05) is 18.3 Å². The average Bonchev–Trinajstić information content (AvgIpc) is 2.40. The highest BCUT2D eigenvalue weighted by molar-refractivity contribution is 5.94. The minimum Gasteiger partial charge on any atom is -0.465 e. The van der Waals surface area contributed by atoms with Crippen molar-refractivity contribution >= 4 is 17.9 Å². The first kappa shape index (κ1) is 14.1. The number of carbonyl (C=O) groups is 1. The first-order chi connectivity index (χ1) is 8.69. The molecule has 0 saturated carbocycles. The van der Waals surface area contributed by atoms with Gasteiger partial charge in [-0.3, -0.25) is 0 Å². The Bertz CT molecular complexity index is 395. The lowest BCUT2D eigenvalue weighted by Gasteiger charge is -2.16. The van der Waals surface area contributed by atoms with E-state index in [9.17, 15) is 9.90 Å². The third-order valence-corrected chi connectivity index (χ3v) is 2.11. The zero-order chi connectivity index (χ0) is 13.4. The minimum atomic E-state index is -0.942. The predicted octanol–water partition coefficient (Wildman–Crippen LogP) is 0.319. The second kappa shape index (κ2) is 7.41. The van der Waals surface area contributed by atoms with Crippen molar-refractivity contribution in [2.24, 2.45) is 10.8 Å². The van der Waals surface area contributed by atoms with Crippen LogP contribution < -0.4 is 10.7 Å². The standard InChI is InChI=1S/C12H17N3O3/c1-2-18-12(17)11(13)8-14-15(9-16)10-6-4-3-5-7-10/h3-8,11,16H,2,9,13H2,1H3/b14-8-. The third-order valence-electron chi connectivity index (χ3n) is 2.11. The lowest BCUT2D eigenvalue weighted by atomic mass is 10.3. The lowest BCUT2D eigenvalue weighted by Crippen LogP contribution is -2.35. The molecule has 0 amide bonds. The summed E-state index contributed by atoms with van der Waals surface area (Å²) in [6.45, 7) is 1.66. The number of esters is 1. The van der Waals surface area contributed by atoms with Gasteiger partial charge in [-0.05, 0) is 19.1 Å². The van der Waals surface area contributed by atoms with E-state index in [2.05, 4.69) is 5.10 Å². The fourth-order valence-electron chi connectivity index (χ4n) is 1.24. The zero-order valence-corrected chi connectivity index (χ0v) is 10.2. The molecule has 0 radical (unpaired) electrons. The van der Waals surface area contributed by atoms with Crippen molar-refractivity contribution in [1.82, 2.24) is 0 Å². The second-order valence-electron chi connectivity index (χ2n) is 3.42. The van der Waals surface area contributed by atoms with Crippen LogP contribution in [-0.4, -0.2) is 36.7 Å². The molecule has 6 nitrogen and oxygen atoms in total. The Morgan fingerprint density at radius 2 is 2.22 bits per heavy atom. The van der Waals surface area contributed by atoms with Gasteiger partial charge in [-0.25, -0.2) is 9.80 Å². The van der Waals surface area contributed by atoms with Crippen LogP contribution >= 0.6 is 0 Å². The number of nitrogens with zero attached hydrogens (tertiary/aromatic N) is 2. The van der Waals surface area contributed by atoms with Crippen molar-refractivity contribution in [3.8, 4) is 0 Å². The van der Waals surface area contributed by atoms with Gasteiger partial charge in [-0.15, -0.1) is 0 Å². The van der Waals surface area contributed by atoms with Gasteiger partial charge in [-0.1, -0.05) is 18.2 Å². The first-order valence-corrected chi connectivity index (χ1v) is 5.58. The number of aliphatic hydroxyl groups is 1. The molecule has 0 aliphatic carbocycles. The molecule has 3 N–H and O–H groups in total. The Hall–Kier alpha value is -1.92. The Morgan fingerprint density at radius 3 is 2.78 bits per heavy atom. The predicted molar refractivity (Wildman–Crippen MR) is 69.1 cm³/mol. The molecule has 1 aromatic rings. The van der Waals surface area contributed by atoms with Gasteiger partial charge in [0.1, 0.15) is 12.8 Å². The molecule has 0 bridgehead atoms. The first-order valence-electron chi connectivity index (χ1n) is 5.58. The molecule has 0 spiro atoms. The number of aliphatic hydroxyl groups excluding tert-OH is 1. The molecule has 1 atom stereocenters. The van der Waals surface area contributed by atoms with Crippen LogP contribution in [0.25, 0.3) is 0 Å². The maximum atomic E-state index is 11.3. The van der Waals surface area contributed by atoms with Gasteiger partial charge in [0.15, 0.2) is 0 Å². The highest BCUT2D eigenvalue weighted by atomic mass is 16.5. The number of para-hydroxylation sites is 1. The normalized spacial score (nSPS) is 12.4. The van der Waals surface area contributed by atoms with Crippen LogP contribution in [0.5, 0.6) is 0 Å². The summed E-state index contributed by atoms with van der Waals surface area (Å²) in [5.74, 6) is -0.549. The minimum absolute atomic E-state index is 0.267. The third kappa shape index (κ3) is 4.15. The van der Waals surface area contributed by atoms with Crippen LogP contribution in [-0.2, 0) is 9.53 Å². The Balaban J connectivity index is 2.66. The number of nitrogens with two attached hydrogens (primary N) is 1. The van der Waals surface area contributed by atoms with Gasteiger partial charge in [0.25, 0.3) is 0 Å². The molecule has 18 heavy (non-hydrogen) atoms. The van der Waals surface area contributed by atoms with Crippen LogP contribution in [0.3, 0.4) is 0 Å². The fourth-order valence-corrected chi connectivity index (χ4v) is 1.24. The summed E-state index contributed by atoms with van der Waals surface area (Å²) >= 11 is 0. The summed E-state index contributed by atoms with van der Waals surface area (Å²) in [5.41, 5.74) is 6.25. The molecule has 0 heterocycles. The average molecular weight is 251 g/mol. The second-order valence-corrected chi connectivity index (χ2v) is 3.42. The van der Waals surface area contributed by atoms with E-state index in [1.807, 2.05) is 18.2 Å². The highest BCUT2D eigenvalue weighted by Crippen LogP contribution is 2.12. The van der Waals surface area contributed by atoms with Crippen molar-refractivity contribution in [1.29, 1.82) is 0 Å². The number of anilines is 1. The van der Waals surface area contributed by atoms with E-state index >= 15 is 0 Å². The number of benzene rings is 1. The molecule has 0 saturated heterocycles. The molecule has 0 aliphatic rings. The molecule has 98 valence electrons. The summed E-state index contributed by atoms with van der Waals surface area (Å²) in [4.78, 5) is 11.3. The van der Waals surface area contributed by atoms with Gasteiger partial charge in [0.05, 0.1) is 18.5 Å². The van der Waals surface area contributed by atoms with Gasteiger partial charge in [0, 0.05) is 0 Å². The van der Waals surface area contributed by atoms with E-state index in [4.69, 9.17) is 10.5 Å². The van der Waals surface area contributed by atoms with Crippen LogP contribution in [0.15, 0.2) is 35.4 Å². The van der Waals surface area contributed by atoms with Gasteiger partial charge < -0.3 is 15.6 Å². The fraction of sp³-hybridized carbons (Fsp3) is 0.333. The van der Waals surface area contributed by atoms with E-state index in [0.29, 0.717) is 5.69 Å². The number of carbonyl (C=O) groups excluding carboxylic acids is 1. The topological polar surface area (TPSA) is 88.2 Å². The van der Waals surface area contributed by atoms with Crippen molar-refractivity contribution in [3.63, 3.8) is 0 Å². The molecule has 1 rings (SSSR count). The van der Waals surface area contributed by atoms with Crippen LogP contribution in [0.1, 0.15) is 6.92 Å². The van der Waals surface area contributed by atoms with Crippen molar-refractivity contribution < 1.29 is 14.6 Å². The number of hydrogen-bond donors (Lipinski definition) is 2. The van der Waals surface area contributed by atoms with Crippen molar-refractivity contribution in [3.05, 3.63) is 30.3 Å². The largest absolute Gasteiger partial charge is 0.465 e. The van der Waals surface area contributed by atoms with Gasteiger partial charge in [-0.2, -0.15) is 5.10 Å². The highest BCUT2D eigenvalue weighted by Gasteiger charge is 2.12. The summed E-state index contributed by atoms with van der Waals surface area (Å²) in [5, 5.41) is 14.5. The maximum Gasteiger partial charge on any atom is 0.328 e. The van der Waals surface area contributed by atoms with Crippen LogP contribution in [0.4, 0.5) is 5.69 Å². The van der Waals surface area contributed by atoms with E-state index < -0.39 is 12.0 Å². The van der Waals surface area contributed by atoms with E-state index in [0.717, 1.165) is 0 Å². The zero-order valence-electron chi connectivity index (χ0n) is 10.2. The number of hydrazone groups is 1. The number of ether oxygens (including phenoxy) is 1. The Morgan fingerprint density at radius 1 is 1.56 bits per heavy atom. The molecular formula is C12H17N3O3. The Labute approximate surface area is 106 Å². The summed E-state index contributed by atoms with van der Waals surface area (Å²) in [7, 11) is 0. The molecule has 6 heteroatoms. The molecule has 1 unspecified atom stereocenters. The lowest BCUT2D eigenvalue weighted by molar-refractivity contribution is -0.142. The maximum absolute atomic E-state index is 11.3. The van der Waals surface area contributed by atoms with E-state index in [1.165, 1.54) is 11.2 Å². The molecule has 0 fully saturated rings. The summed E-state index contributed by atoms with van der Waals surface area (Å²) < 4.78 is 4.74. The Kier molecular flexibility index (Phi) is 5.83. The van der Waals surface area contributed by atoms with E-state index in [1.54, 1.807) is 19.1 Å². The van der Waals surface area contributed by atoms with Gasteiger partial charge >= 0.3 is 5.97 Å². The number of rotatable bonds is 6. The van der Waals surface area contributed by atoms with Crippen LogP contribution in [0, 0.1) is 0 Å². The molecular weight excluding hydrogens is 234 g/mol. The SMILES string of the molecule is CCOC(=O)C(N)/C=N\N(CO)c1ccccc1. The molecule has 1 aromatic carbocycles. The van der Waals surface area contributed by atoms with E-state index in [-0.39, 0.29) is 13.3 Å². The molecule has 0 aromatic heterocycles. The summed E-state index contributed by atoms with van der Waals surface area (Å²) in [6.07, 6.45) is 1.24.